The lowest BCUT2D eigenvalue weighted by Crippen LogP contribution is -2.16. The summed E-state index contributed by atoms with van der Waals surface area (Å²) >= 11 is 0. The van der Waals surface area contributed by atoms with Crippen LogP contribution in [0.5, 0.6) is 11.5 Å². The number of rotatable bonds is 5. The van der Waals surface area contributed by atoms with Gasteiger partial charge >= 0.3 is 11.9 Å². The summed E-state index contributed by atoms with van der Waals surface area (Å²) in [5, 5.41) is 39.0. The predicted molar refractivity (Wildman–Crippen MR) is 80.0 cm³/mol. The summed E-state index contributed by atoms with van der Waals surface area (Å²) in [5.41, 5.74) is -0.114. The topological polar surface area (TPSA) is 141 Å². The average Bonchev–Trinajstić information content (AvgIpc) is 2.73. The maximum Gasteiger partial charge on any atom is 0.338 e. The zero-order chi connectivity index (χ0) is 18.2. The van der Waals surface area contributed by atoms with Crippen LogP contribution in [-0.2, 0) is 20.7 Å². The van der Waals surface area contributed by atoms with Crippen LogP contribution in [0.1, 0.15) is 34.8 Å². The first-order valence-corrected chi connectivity index (χ1v) is 7.03. The van der Waals surface area contributed by atoms with Crippen molar-refractivity contribution < 1.29 is 39.5 Å². The van der Waals surface area contributed by atoms with Crippen molar-refractivity contribution in [2.45, 2.75) is 32.8 Å². The first-order valence-electron chi connectivity index (χ1n) is 7.03. The molecular formula is C16H16O8. The van der Waals surface area contributed by atoms with E-state index < -0.39 is 48.2 Å². The summed E-state index contributed by atoms with van der Waals surface area (Å²) in [6.45, 7) is 2.75. The Bertz CT molecular complexity index is 775. The number of phenolic OH excluding ortho intramolecular Hbond substituents is 2. The quantitative estimate of drug-likeness (QED) is 0.466. The van der Waals surface area contributed by atoms with E-state index in [1.807, 2.05) is 0 Å². The number of Topliss-reactive ketones (excluding diaryl/α,β-unsaturated/α-hetero) is 1. The summed E-state index contributed by atoms with van der Waals surface area (Å²) in [4.78, 5) is 34.1. The van der Waals surface area contributed by atoms with Gasteiger partial charge in [0.15, 0.2) is 11.9 Å². The Morgan fingerprint density at radius 3 is 2.38 bits per heavy atom. The van der Waals surface area contributed by atoms with Crippen LogP contribution in [-0.4, -0.2) is 44.3 Å². The van der Waals surface area contributed by atoms with Crippen molar-refractivity contribution in [1.82, 2.24) is 0 Å². The van der Waals surface area contributed by atoms with E-state index in [1.165, 1.54) is 19.9 Å². The summed E-state index contributed by atoms with van der Waals surface area (Å²) < 4.78 is 4.78. The van der Waals surface area contributed by atoms with Crippen LogP contribution >= 0.6 is 0 Å². The Morgan fingerprint density at radius 1 is 1.21 bits per heavy atom. The van der Waals surface area contributed by atoms with E-state index in [9.17, 15) is 29.7 Å². The Kier molecular flexibility index (Phi) is 4.50. The highest BCUT2D eigenvalue weighted by molar-refractivity contribution is 5.98. The lowest BCUT2D eigenvalue weighted by Gasteiger charge is -2.12. The average molecular weight is 336 g/mol. The van der Waals surface area contributed by atoms with Crippen LogP contribution < -0.4 is 0 Å². The van der Waals surface area contributed by atoms with Gasteiger partial charge in [-0.05, 0) is 25.5 Å². The van der Waals surface area contributed by atoms with Crippen LogP contribution in [0.3, 0.4) is 0 Å². The molecular weight excluding hydrogens is 320 g/mol. The van der Waals surface area contributed by atoms with Gasteiger partial charge in [-0.15, -0.1) is 0 Å². The van der Waals surface area contributed by atoms with Gasteiger partial charge in [-0.3, -0.25) is 9.59 Å². The number of aliphatic carboxylic acids is 1. The van der Waals surface area contributed by atoms with Crippen LogP contribution in [0.4, 0.5) is 0 Å². The fraction of sp³-hybridized carbons (Fsp3) is 0.312. The van der Waals surface area contributed by atoms with Gasteiger partial charge in [-0.25, -0.2) is 4.79 Å². The third-order valence-corrected chi connectivity index (χ3v) is 3.76. The van der Waals surface area contributed by atoms with Gasteiger partial charge in [-0.2, -0.15) is 0 Å². The number of hydrogen-bond acceptors (Lipinski definition) is 7. The van der Waals surface area contributed by atoms with Gasteiger partial charge in [0.25, 0.3) is 0 Å². The van der Waals surface area contributed by atoms with E-state index in [0.29, 0.717) is 5.56 Å². The lowest BCUT2D eigenvalue weighted by atomic mass is 9.95. The highest BCUT2D eigenvalue weighted by Crippen LogP contribution is 2.37. The number of aliphatic hydroxyl groups excluding tert-OH is 1. The van der Waals surface area contributed by atoms with Crippen molar-refractivity contribution in [2.24, 2.45) is 0 Å². The number of benzene rings is 1. The first-order chi connectivity index (χ1) is 11.1. The van der Waals surface area contributed by atoms with E-state index >= 15 is 0 Å². The van der Waals surface area contributed by atoms with E-state index in [4.69, 9.17) is 9.84 Å². The number of phenols is 2. The smallest absolute Gasteiger partial charge is 0.338 e. The SMILES string of the molecule is CC(=O)c1cc(C)c(O)c(CC2=C(O)C(CC(=O)O)OC2=O)c1O. The fourth-order valence-corrected chi connectivity index (χ4v) is 2.49. The third-order valence-electron chi connectivity index (χ3n) is 3.76. The van der Waals surface area contributed by atoms with Gasteiger partial charge < -0.3 is 25.2 Å². The number of aliphatic hydroxyl groups is 1. The van der Waals surface area contributed by atoms with E-state index in [1.54, 1.807) is 0 Å². The molecule has 128 valence electrons. The van der Waals surface area contributed by atoms with Gasteiger partial charge in [0, 0.05) is 12.0 Å². The maximum absolute atomic E-state index is 11.8. The van der Waals surface area contributed by atoms with Gasteiger partial charge in [0.2, 0.25) is 0 Å². The number of hydrogen-bond donors (Lipinski definition) is 4. The molecule has 0 amide bonds. The molecule has 0 fully saturated rings. The minimum Gasteiger partial charge on any atom is -0.508 e. The minimum atomic E-state index is -1.31. The molecule has 0 spiro atoms. The molecule has 1 heterocycles. The second-order valence-corrected chi connectivity index (χ2v) is 5.51. The van der Waals surface area contributed by atoms with Crippen molar-refractivity contribution >= 4 is 17.7 Å². The zero-order valence-corrected chi connectivity index (χ0v) is 13.0. The predicted octanol–water partition coefficient (Wildman–Crippen LogP) is 1.36. The molecule has 0 bridgehead atoms. The molecule has 8 nitrogen and oxygen atoms in total. The van der Waals surface area contributed by atoms with Crippen molar-refractivity contribution in [3.63, 3.8) is 0 Å². The van der Waals surface area contributed by atoms with Crippen LogP contribution in [0.2, 0.25) is 0 Å². The number of carboxylic acids is 1. The monoisotopic (exact) mass is 336 g/mol. The largest absolute Gasteiger partial charge is 0.508 e. The van der Waals surface area contributed by atoms with Crippen molar-refractivity contribution in [1.29, 1.82) is 0 Å². The zero-order valence-electron chi connectivity index (χ0n) is 13.0. The number of cyclic esters (lactones) is 1. The second kappa shape index (κ2) is 6.23. The molecule has 1 aromatic rings. The van der Waals surface area contributed by atoms with Crippen molar-refractivity contribution in [3.05, 3.63) is 34.1 Å². The summed E-state index contributed by atoms with van der Waals surface area (Å²) in [6, 6.07) is 1.31. The number of aryl methyl sites for hydroxylation is 1. The number of carbonyl (C=O) groups is 3. The molecule has 0 saturated carbocycles. The molecule has 4 N–H and O–H groups in total. The number of aromatic hydroxyl groups is 2. The number of esters is 1. The first kappa shape index (κ1) is 17.3. The molecule has 0 radical (unpaired) electrons. The highest BCUT2D eigenvalue weighted by Gasteiger charge is 2.36. The molecule has 1 atom stereocenters. The van der Waals surface area contributed by atoms with E-state index in [-0.39, 0.29) is 22.4 Å². The molecule has 2 rings (SSSR count). The Morgan fingerprint density at radius 2 is 1.83 bits per heavy atom. The summed E-state index contributed by atoms with van der Waals surface area (Å²) in [7, 11) is 0. The standard InChI is InChI=1S/C16H16O8/c1-6-3-8(7(2)17)14(21)9(13(6)20)4-10-15(22)11(5-12(18)19)24-16(10)23/h3,11,20-22H,4-5H2,1-2H3,(H,18,19). The van der Waals surface area contributed by atoms with Crippen LogP contribution in [0.15, 0.2) is 17.4 Å². The van der Waals surface area contributed by atoms with Crippen LogP contribution in [0.25, 0.3) is 0 Å². The van der Waals surface area contributed by atoms with E-state index in [0.717, 1.165) is 0 Å². The number of ether oxygens (including phenoxy) is 1. The maximum atomic E-state index is 11.8. The summed E-state index contributed by atoms with van der Waals surface area (Å²) in [6.07, 6.45) is -2.32. The molecule has 0 saturated heterocycles. The molecule has 0 aliphatic carbocycles. The lowest BCUT2D eigenvalue weighted by molar-refractivity contribution is -0.145. The number of carbonyl (C=O) groups excluding carboxylic acids is 2. The minimum absolute atomic E-state index is 0.0335. The Balaban J connectivity index is 2.47. The fourth-order valence-electron chi connectivity index (χ4n) is 2.49. The Labute approximate surface area is 136 Å². The Hall–Kier alpha value is -3.03. The van der Waals surface area contributed by atoms with Crippen molar-refractivity contribution in [3.8, 4) is 11.5 Å². The van der Waals surface area contributed by atoms with Crippen molar-refractivity contribution in [2.75, 3.05) is 0 Å². The molecule has 1 unspecified atom stereocenters. The molecule has 0 aromatic heterocycles. The molecule has 1 aromatic carbocycles. The van der Waals surface area contributed by atoms with E-state index in [2.05, 4.69) is 0 Å². The van der Waals surface area contributed by atoms with Gasteiger partial charge in [-0.1, -0.05) is 0 Å². The summed E-state index contributed by atoms with van der Waals surface area (Å²) in [5.74, 6) is -4.03. The molecule has 1 aliphatic rings. The second-order valence-electron chi connectivity index (χ2n) is 5.51. The van der Waals surface area contributed by atoms with Crippen LogP contribution in [0, 0.1) is 6.92 Å². The normalized spacial score (nSPS) is 17.1. The van der Waals surface area contributed by atoms with Gasteiger partial charge in [0.1, 0.15) is 17.3 Å². The highest BCUT2D eigenvalue weighted by atomic mass is 16.6. The number of ketones is 1. The molecule has 1 aliphatic heterocycles. The van der Waals surface area contributed by atoms with Gasteiger partial charge in [0.05, 0.1) is 17.6 Å². The number of carboxylic acid groups (broad SMARTS) is 1. The molecule has 24 heavy (non-hydrogen) atoms. The third kappa shape index (κ3) is 3.03. The molecule has 8 heteroatoms.